The van der Waals surface area contributed by atoms with Gasteiger partial charge in [-0.2, -0.15) is 0 Å². The molecule has 1 aliphatic rings. The van der Waals surface area contributed by atoms with Crippen LogP contribution in [0.4, 0.5) is 0 Å². The predicted molar refractivity (Wildman–Crippen MR) is 74.4 cm³/mol. The van der Waals surface area contributed by atoms with E-state index < -0.39 is 0 Å². The van der Waals surface area contributed by atoms with Crippen LogP contribution in [0.3, 0.4) is 0 Å². The minimum absolute atomic E-state index is 0.787. The molecular formula is C16H25N. The molecular weight excluding hydrogens is 206 g/mol. The molecule has 0 atom stereocenters. The number of rotatable bonds is 4. The highest BCUT2D eigenvalue weighted by molar-refractivity contribution is 5.26. The van der Waals surface area contributed by atoms with Gasteiger partial charge in [0.2, 0.25) is 0 Å². The van der Waals surface area contributed by atoms with Crippen molar-refractivity contribution in [1.29, 1.82) is 0 Å². The largest absolute Gasteiger partial charge is 0.317 e. The molecule has 0 aliphatic carbocycles. The van der Waals surface area contributed by atoms with E-state index in [1.54, 1.807) is 5.56 Å². The van der Waals surface area contributed by atoms with Gasteiger partial charge in [-0.15, -0.1) is 0 Å². The van der Waals surface area contributed by atoms with Gasteiger partial charge in [0, 0.05) is 0 Å². The number of aryl methyl sites for hydroxylation is 1. The monoisotopic (exact) mass is 231 g/mol. The lowest BCUT2D eigenvalue weighted by Gasteiger charge is -2.23. The first-order chi connectivity index (χ1) is 8.25. The molecule has 1 saturated heterocycles. The zero-order chi connectivity index (χ0) is 12.1. The van der Waals surface area contributed by atoms with Gasteiger partial charge in [0.25, 0.3) is 0 Å². The predicted octanol–water partition coefficient (Wildman–Crippen LogP) is 3.74. The molecule has 0 saturated carbocycles. The highest BCUT2D eigenvalue weighted by Gasteiger charge is 2.14. The van der Waals surface area contributed by atoms with Crippen LogP contribution in [-0.4, -0.2) is 13.1 Å². The lowest BCUT2D eigenvalue weighted by atomic mass is 9.89. The molecule has 1 heteroatoms. The van der Waals surface area contributed by atoms with Gasteiger partial charge in [0.05, 0.1) is 0 Å². The molecule has 1 aliphatic heterocycles. The zero-order valence-corrected chi connectivity index (χ0v) is 11.2. The SMILES string of the molecule is CC(C)CCc1ccc(C2CCNCC2)cc1. The van der Waals surface area contributed by atoms with Crippen molar-refractivity contribution in [1.82, 2.24) is 5.32 Å². The maximum absolute atomic E-state index is 3.43. The molecule has 0 spiro atoms. The molecule has 0 bridgehead atoms. The summed E-state index contributed by atoms with van der Waals surface area (Å²) in [4.78, 5) is 0. The fourth-order valence-electron chi connectivity index (χ4n) is 2.57. The summed E-state index contributed by atoms with van der Waals surface area (Å²) in [5.41, 5.74) is 3.04. The fourth-order valence-corrected chi connectivity index (χ4v) is 2.57. The Kier molecular flexibility index (Phi) is 4.61. The summed E-state index contributed by atoms with van der Waals surface area (Å²) in [6.45, 7) is 6.95. The van der Waals surface area contributed by atoms with Crippen LogP contribution in [0.1, 0.15) is 50.2 Å². The van der Waals surface area contributed by atoms with Gasteiger partial charge in [-0.3, -0.25) is 0 Å². The van der Waals surface area contributed by atoms with Crippen molar-refractivity contribution in [2.45, 2.75) is 45.4 Å². The minimum Gasteiger partial charge on any atom is -0.317 e. The molecule has 1 nitrogen and oxygen atoms in total. The highest BCUT2D eigenvalue weighted by atomic mass is 14.9. The molecule has 0 amide bonds. The Bertz CT molecular complexity index is 320. The van der Waals surface area contributed by atoms with E-state index in [0.717, 1.165) is 11.8 Å². The Balaban J connectivity index is 1.92. The Morgan fingerprint density at radius 2 is 1.76 bits per heavy atom. The van der Waals surface area contributed by atoms with Gasteiger partial charge in [0.1, 0.15) is 0 Å². The first-order valence-corrected chi connectivity index (χ1v) is 7.05. The summed E-state index contributed by atoms with van der Waals surface area (Å²) >= 11 is 0. The summed E-state index contributed by atoms with van der Waals surface area (Å²) in [5, 5.41) is 3.43. The van der Waals surface area contributed by atoms with Crippen molar-refractivity contribution < 1.29 is 0 Å². The van der Waals surface area contributed by atoms with E-state index in [2.05, 4.69) is 43.4 Å². The van der Waals surface area contributed by atoms with Gasteiger partial charge in [-0.05, 0) is 61.7 Å². The molecule has 1 N–H and O–H groups in total. The molecule has 94 valence electrons. The molecule has 1 heterocycles. The second-order valence-electron chi connectivity index (χ2n) is 5.70. The van der Waals surface area contributed by atoms with E-state index in [0.29, 0.717) is 0 Å². The van der Waals surface area contributed by atoms with E-state index in [1.165, 1.54) is 44.3 Å². The summed E-state index contributed by atoms with van der Waals surface area (Å²) in [6, 6.07) is 9.37. The van der Waals surface area contributed by atoms with Crippen LogP contribution in [-0.2, 0) is 6.42 Å². The summed E-state index contributed by atoms with van der Waals surface area (Å²) in [7, 11) is 0. The number of hydrogen-bond donors (Lipinski definition) is 1. The standard InChI is InChI=1S/C16H25N/c1-13(2)3-4-14-5-7-15(8-6-14)16-9-11-17-12-10-16/h5-8,13,16-17H,3-4,9-12H2,1-2H3. The Morgan fingerprint density at radius 1 is 1.12 bits per heavy atom. The molecule has 1 fully saturated rings. The first-order valence-electron chi connectivity index (χ1n) is 7.05. The van der Waals surface area contributed by atoms with E-state index in [-0.39, 0.29) is 0 Å². The second-order valence-corrected chi connectivity index (χ2v) is 5.70. The smallest absolute Gasteiger partial charge is 0.00431 e. The molecule has 0 unspecified atom stereocenters. The van der Waals surface area contributed by atoms with Gasteiger partial charge in [-0.1, -0.05) is 38.1 Å². The van der Waals surface area contributed by atoms with Crippen molar-refractivity contribution in [3.8, 4) is 0 Å². The van der Waals surface area contributed by atoms with E-state index in [1.807, 2.05) is 0 Å². The van der Waals surface area contributed by atoms with Crippen LogP contribution >= 0.6 is 0 Å². The zero-order valence-electron chi connectivity index (χ0n) is 11.2. The number of hydrogen-bond acceptors (Lipinski definition) is 1. The maximum atomic E-state index is 3.43. The second kappa shape index (κ2) is 6.20. The van der Waals surface area contributed by atoms with Gasteiger partial charge in [-0.25, -0.2) is 0 Å². The average Bonchev–Trinajstić information content (AvgIpc) is 2.38. The van der Waals surface area contributed by atoms with Crippen LogP contribution < -0.4 is 5.32 Å². The highest BCUT2D eigenvalue weighted by Crippen LogP contribution is 2.25. The van der Waals surface area contributed by atoms with E-state index in [9.17, 15) is 0 Å². The van der Waals surface area contributed by atoms with Gasteiger partial charge >= 0.3 is 0 Å². The normalized spacial score (nSPS) is 17.6. The Hall–Kier alpha value is -0.820. The van der Waals surface area contributed by atoms with Crippen molar-refractivity contribution in [3.63, 3.8) is 0 Å². The van der Waals surface area contributed by atoms with E-state index in [4.69, 9.17) is 0 Å². The summed E-state index contributed by atoms with van der Waals surface area (Å²) < 4.78 is 0. The van der Waals surface area contributed by atoms with Gasteiger partial charge < -0.3 is 5.32 Å². The maximum Gasteiger partial charge on any atom is -0.00431 e. The van der Waals surface area contributed by atoms with Crippen molar-refractivity contribution in [2.75, 3.05) is 13.1 Å². The van der Waals surface area contributed by atoms with Crippen molar-refractivity contribution >= 4 is 0 Å². The van der Waals surface area contributed by atoms with Crippen LogP contribution in [0.5, 0.6) is 0 Å². The third kappa shape index (κ3) is 3.85. The van der Waals surface area contributed by atoms with Crippen LogP contribution in [0, 0.1) is 5.92 Å². The van der Waals surface area contributed by atoms with Crippen molar-refractivity contribution in [3.05, 3.63) is 35.4 Å². The number of benzene rings is 1. The molecule has 0 aromatic heterocycles. The first kappa shape index (κ1) is 12.6. The topological polar surface area (TPSA) is 12.0 Å². The Morgan fingerprint density at radius 3 is 2.35 bits per heavy atom. The fraction of sp³-hybridized carbons (Fsp3) is 0.625. The quantitative estimate of drug-likeness (QED) is 0.832. The number of nitrogens with one attached hydrogen (secondary N) is 1. The average molecular weight is 231 g/mol. The van der Waals surface area contributed by atoms with E-state index >= 15 is 0 Å². The Labute approximate surface area is 106 Å². The lowest BCUT2D eigenvalue weighted by Crippen LogP contribution is -2.26. The molecule has 17 heavy (non-hydrogen) atoms. The molecule has 1 aromatic rings. The summed E-state index contributed by atoms with van der Waals surface area (Å²) in [6.07, 6.45) is 5.12. The third-order valence-corrected chi connectivity index (χ3v) is 3.80. The number of piperidine rings is 1. The van der Waals surface area contributed by atoms with Crippen molar-refractivity contribution in [2.24, 2.45) is 5.92 Å². The van der Waals surface area contributed by atoms with Gasteiger partial charge in [0.15, 0.2) is 0 Å². The molecule has 0 radical (unpaired) electrons. The van der Waals surface area contributed by atoms with Crippen LogP contribution in [0.15, 0.2) is 24.3 Å². The molecule has 2 rings (SSSR count). The third-order valence-electron chi connectivity index (χ3n) is 3.80. The summed E-state index contributed by atoms with van der Waals surface area (Å²) in [5.74, 6) is 1.59. The lowest BCUT2D eigenvalue weighted by molar-refractivity contribution is 0.460. The van der Waals surface area contributed by atoms with Crippen LogP contribution in [0.2, 0.25) is 0 Å². The molecule has 1 aromatic carbocycles. The van der Waals surface area contributed by atoms with Crippen LogP contribution in [0.25, 0.3) is 0 Å². The minimum atomic E-state index is 0.787.